The quantitative estimate of drug-likeness (QED) is 0.810. The fourth-order valence-corrected chi connectivity index (χ4v) is 1.14. The third kappa shape index (κ3) is 3.15. The van der Waals surface area contributed by atoms with Crippen molar-refractivity contribution in [2.75, 3.05) is 6.61 Å². The maximum Gasteiger partial charge on any atom is 0.190 e. The van der Waals surface area contributed by atoms with Gasteiger partial charge in [0.1, 0.15) is 6.61 Å². The predicted molar refractivity (Wildman–Crippen MR) is 54.1 cm³/mol. The van der Waals surface area contributed by atoms with Crippen LogP contribution in [0, 0.1) is 11.6 Å². The summed E-state index contributed by atoms with van der Waals surface area (Å²) in [5.41, 5.74) is 0.137. The Morgan fingerprint density at radius 1 is 1.31 bits per heavy atom. The Morgan fingerprint density at radius 2 is 1.88 bits per heavy atom. The number of rotatable bonds is 5. The summed E-state index contributed by atoms with van der Waals surface area (Å²) in [4.78, 5) is 0. The van der Waals surface area contributed by atoms with E-state index in [1.807, 2.05) is 0 Å². The molecule has 90 valence electrons. The number of hydrogen-bond donors (Lipinski definition) is 2. The highest BCUT2D eigenvalue weighted by Crippen LogP contribution is 2.23. The zero-order valence-corrected chi connectivity index (χ0v) is 8.91. The van der Waals surface area contributed by atoms with E-state index in [2.05, 4.69) is 0 Å². The second kappa shape index (κ2) is 5.77. The lowest BCUT2D eigenvalue weighted by molar-refractivity contribution is 0.0994. The Balaban J connectivity index is 2.80. The molecule has 0 fully saturated rings. The van der Waals surface area contributed by atoms with Gasteiger partial charge in [0.2, 0.25) is 0 Å². The summed E-state index contributed by atoms with van der Waals surface area (Å²) in [6.45, 7) is 1.13. The van der Waals surface area contributed by atoms with E-state index in [9.17, 15) is 13.9 Å². The maximum atomic E-state index is 13.3. The lowest BCUT2D eigenvalue weighted by Gasteiger charge is -2.12. The molecular weight excluding hydrogens is 218 g/mol. The summed E-state index contributed by atoms with van der Waals surface area (Å²) in [6, 6.07) is 1.99. The minimum atomic E-state index is -0.882. The van der Waals surface area contributed by atoms with E-state index >= 15 is 0 Å². The Morgan fingerprint density at radius 3 is 2.31 bits per heavy atom. The van der Waals surface area contributed by atoms with Gasteiger partial charge >= 0.3 is 0 Å². The molecule has 2 N–H and O–H groups in total. The Hall–Kier alpha value is -1.20. The minimum Gasteiger partial charge on any atom is -0.485 e. The van der Waals surface area contributed by atoms with Crippen molar-refractivity contribution in [3.63, 3.8) is 0 Å². The summed E-state index contributed by atoms with van der Waals surface area (Å²) in [5, 5.41) is 17.9. The van der Waals surface area contributed by atoms with Crippen molar-refractivity contribution in [2.24, 2.45) is 0 Å². The lowest BCUT2D eigenvalue weighted by atomic mass is 10.2. The summed E-state index contributed by atoms with van der Waals surface area (Å²) in [5.74, 6) is -2.29. The van der Waals surface area contributed by atoms with Crippen LogP contribution in [0.25, 0.3) is 0 Å². The van der Waals surface area contributed by atoms with Gasteiger partial charge in [0.25, 0.3) is 0 Å². The Bertz CT molecular complexity index is 332. The van der Waals surface area contributed by atoms with Gasteiger partial charge in [-0.15, -0.1) is 0 Å². The van der Waals surface area contributed by atoms with Gasteiger partial charge in [0.05, 0.1) is 12.7 Å². The molecule has 1 aromatic carbocycles. The van der Waals surface area contributed by atoms with Crippen LogP contribution in [0.5, 0.6) is 5.75 Å². The molecule has 0 aromatic heterocycles. The van der Waals surface area contributed by atoms with Crippen LogP contribution >= 0.6 is 0 Å². The fraction of sp³-hybridized carbons (Fsp3) is 0.455. The van der Waals surface area contributed by atoms with Crippen molar-refractivity contribution in [1.82, 2.24) is 0 Å². The van der Waals surface area contributed by atoms with E-state index in [1.54, 1.807) is 6.92 Å². The monoisotopic (exact) mass is 232 g/mol. The van der Waals surface area contributed by atoms with Gasteiger partial charge in [-0.25, -0.2) is 8.78 Å². The van der Waals surface area contributed by atoms with E-state index in [1.165, 1.54) is 0 Å². The Kier molecular flexibility index (Phi) is 4.64. The average molecular weight is 232 g/mol. The summed E-state index contributed by atoms with van der Waals surface area (Å²) < 4.78 is 31.4. The highest BCUT2D eigenvalue weighted by atomic mass is 19.1. The Labute approximate surface area is 92.3 Å². The molecule has 5 heteroatoms. The number of benzene rings is 1. The van der Waals surface area contributed by atoms with Crippen LogP contribution in [0.4, 0.5) is 8.78 Å². The smallest absolute Gasteiger partial charge is 0.190 e. The van der Waals surface area contributed by atoms with Crippen LogP contribution in [0.1, 0.15) is 18.9 Å². The fourth-order valence-electron chi connectivity index (χ4n) is 1.14. The minimum absolute atomic E-state index is 0.137. The second-order valence-corrected chi connectivity index (χ2v) is 3.42. The van der Waals surface area contributed by atoms with E-state index in [4.69, 9.17) is 9.84 Å². The highest BCUT2D eigenvalue weighted by molar-refractivity contribution is 5.31. The molecule has 0 bridgehead atoms. The zero-order chi connectivity index (χ0) is 12.1. The molecule has 0 saturated carbocycles. The molecule has 1 aromatic rings. The summed E-state index contributed by atoms with van der Waals surface area (Å²) in [6.07, 6.45) is -0.311. The molecule has 0 spiro atoms. The SMILES string of the molecule is CCC(O)COc1c(F)cc(CO)cc1F. The summed E-state index contributed by atoms with van der Waals surface area (Å²) >= 11 is 0. The molecule has 0 aliphatic carbocycles. The van der Waals surface area contributed by atoms with Crippen LogP contribution in [-0.2, 0) is 6.61 Å². The van der Waals surface area contributed by atoms with E-state index < -0.39 is 30.1 Å². The van der Waals surface area contributed by atoms with Crippen molar-refractivity contribution < 1.29 is 23.7 Å². The van der Waals surface area contributed by atoms with Crippen LogP contribution in [0.15, 0.2) is 12.1 Å². The van der Waals surface area contributed by atoms with Gasteiger partial charge in [0, 0.05) is 0 Å². The number of ether oxygens (including phenoxy) is 1. The van der Waals surface area contributed by atoms with E-state index in [0.29, 0.717) is 6.42 Å². The third-order valence-corrected chi connectivity index (χ3v) is 2.13. The normalized spacial score (nSPS) is 12.6. The first-order chi connectivity index (χ1) is 7.58. The standard InChI is InChI=1S/C11H14F2O3/c1-2-8(15)6-16-11-9(12)3-7(5-14)4-10(11)13/h3-4,8,14-15H,2,5-6H2,1H3. The van der Waals surface area contributed by atoms with Crippen LogP contribution in [0.3, 0.4) is 0 Å². The molecule has 0 radical (unpaired) electrons. The molecule has 1 rings (SSSR count). The maximum absolute atomic E-state index is 13.3. The molecule has 0 amide bonds. The molecule has 0 aliphatic heterocycles. The van der Waals surface area contributed by atoms with Crippen molar-refractivity contribution in [2.45, 2.75) is 26.1 Å². The number of halogens is 2. The van der Waals surface area contributed by atoms with Gasteiger partial charge in [-0.05, 0) is 24.1 Å². The van der Waals surface area contributed by atoms with Crippen LogP contribution in [0.2, 0.25) is 0 Å². The number of aliphatic hydroxyl groups excluding tert-OH is 2. The molecule has 3 nitrogen and oxygen atoms in total. The van der Waals surface area contributed by atoms with Crippen molar-refractivity contribution >= 4 is 0 Å². The largest absolute Gasteiger partial charge is 0.485 e. The first-order valence-electron chi connectivity index (χ1n) is 4.98. The second-order valence-electron chi connectivity index (χ2n) is 3.42. The molecule has 1 unspecified atom stereocenters. The van der Waals surface area contributed by atoms with E-state index in [0.717, 1.165) is 12.1 Å². The topological polar surface area (TPSA) is 49.7 Å². The first kappa shape index (κ1) is 12.9. The van der Waals surface area contributed by atoms with Gasteiger partial charge in [-0.2, -0.15) is 0 Å². The summed E-state index contributed by atoms with van der Waals surface area (Å²) in [7, 11) is 0. The van der Waals surface area contributed by atoms with Gasteiger partial charge in [0.15, 0.2) is 17.4 Å². The molecule has 0 aliphatic rings. The number of aliphatic hydroxyl groups is 2. The van der Waals surface area contributed by atoms with Gasteiger partial charge in [-0.3, -0.25) is 0 Å². The molecule has 0 saturated heterocycles. The molecular formula is C11H14F2O3. The third-order valence-electron chi connectivity index (χ3n) is 2.13. The number of hydrogen-bond acceptors (Lipinski definition) is 3. The van der Waals surface area contributed by atoms with E-state index in [-0.39, 0.29) is 12.2 Å². The van der Waals surface area contributed by atoms with Crippen LogP contribution < -0.4 is 4.74 Å². The lowest BCUT2D eigenvalue weighted by Crippen LogP contribution is -2.17. The van der Waals surface area contributed by atoms with Gasteiger partial charge < -0.3 is 14.9 Å². The highest BCUT2D eigenvalue weighted by Gasteiger charge is 2.13. The van der Waals surface area contributed by atoms with Crippen molar-refractivity contribution in [3.8, 4) is 5.75 Å². The first-order valence-corrected chi connectivity index (χ1v) is 4.98. The van der Waals surface area contributed by atoms with Gasteiger partial charge in [-0.1, -0.05) is 6.92 Å². The van der Waals surface area contributed by atoms with Crippen molar-refractivity contribution in [3.05, 3.63) is 29.3 Å². The predicted octanol–water partition coefficient (Wildman–Crippen LogP) is 1.61. The molecule has 16 heavy (non-hydrogen) atoms. The molecule has 0 heterocycles. The van der Waals surface area contributed by atoms with Crippen molar-refractivity contribution in [1.29, 1.82) is 0 Å². The van der Waals surface area contributed by atoms with Crippen LogP contribution in [-0.4, -0.2) is 22.9 Å². The molecule has 1 atom stereocenters. The zero-order valence-electron chi connectivity index (χ0n) is 8.91. The average Bonchev–Trinajstić information content (AvgIpc) is 2.27.